The fraction of sp³-hybridized carbons (Fsp3) is 0.412. The van der Waals surface area contributed by atoms with Crippen LogP contribution in [0.3, 0.4) is 0 Å². The second-order valence-corrected chi connectivity index (χ2v) is 6.98. The summed E-state index contributed by atoms with van der Waals surface area (Å²) in [5.74, 6) is 0.876. The van der Waals surface area contributed by atoms with E-state index in [4.69, 9.17) is 16.6 Å². The summed E-state index contributed by atoms with van der Waals surface area (Å²) < 4.78 is 0. The van der Waals surface area contributed by atoms with Gasteiger partial charge in [0.25, 0.3) is 0 Å². The van der Waals surface area contributed by atoms with Crippen LogP contribution in [0.5, 0.6) is 0 Å². The van der Waals surface area contributed by atoms with Crippen LogP contribution in [0.1, 0.15) is 50.7 Å². The van der Waals surface area contributed by atoms with Crippen LogP contribution in [-0.2, 0) is 10.8 Å². The van der Waals surface area contributed by atoms with Crippen molar-refractivity contribution in [3.63, 3.8) is 0 Å². The molecule has 0 spiro atoms. The topological polar surface area (TPSA) is 25.8 Å². The minimum atomic E-state index is -0.0217. The molecule has 1 aromatic heterocycles. The SMILES string of the molecule is CC(C)(C)c1cc(Cl)nc(C2(c3ccccc3)CC2)n1. The molecular weight excluding hydrogens is 268 g/mol. The first-order valence-electron chi connectivity index (χ1n) is 7.03. The number of benzene rings is 1. The lowest BCUT2D eigenvalue weighted by Crippen LogP contribution is -2.20. The number of rotatable bonds is 2. The smallest absolute Gasteiger partial charge is 0.140 e. The maximum atomic E-state index is 6.23. The van der Waals surface area contributed by atoms with Gasteiger partial charge in [0.05, 0.1) is 11.1 Å². The fourth-order valence-electron chi connectivity index (χ4n) is 2.54. The van der Waals surface area contributed by atoms with Crippen LogP contribution < -0.4 is 0 Å². The molecule has 0 bridgehead atoms. The average Bonchev–Trinajstić information content (AvgIpc) is 3.19. The van der Waals surface area contributed by atoms with Crippen molar-refractivity contribution >= 4 is 11.6 Å². The minimum absolute atomic E-state index is 0.0197. The molecule has 2 aromatic rings. The Labute approximate surface area is 125 Å². The summed E-state index contributed by atoms with van der Waals surface area (Å²) in [5.41, 5.74) is 2.26. The Morgan fingerprint density at radius 1 is 1.05 bits per heavy atom. The summed E-state index contributed by atoms with van der Waals surface area (Å²) in [7, 11) is 0. The number of hydrogen-bond acceptors (Lipinski definition) is 2. The average molecular weight is 287 g/mol. The number of nitrogens with zero attached hydrogens (tertiary/aromatic N) is 2. The summed E-state index contributed by atoms with van der Waals surface area (Å²) in [5, 5.41) is 0.544. The number of halogens is 1. The van der Waals surface area contributed by atoms with E-state index in [1.54, 1.807) is 0 Å². The molecule has 0 N–H and O–H groups in total. The molecule has 1 aromatic carbocycles. The Morgan fingerprint density at radius 2 is 1.70 bits per heavy atom. The number of hydrogen-bond donors (Lipinski definition) is 0. The van der Waals surface area contributed by atoms with Gasteiger partial charge in [-0.15, -0.1) is 0 Å². The van der Waals surface area contributed by atoms with Crippen molar-refractivity contribution in [2.75, 3.05) is 0 Å². The maximum absolute atomic E-state index is 6.23. The monoisotopic (exact) mass is 286 g/mol. The van der Waals surface area contributed by atoms with Crippen LogP contribution in [0.15, 0.2) is 36.4 Å². The van der Waals surface area contributed by atoms with Crippen molar-refractivity contribution in [2.24, 2.45) is 0 Å². The summed E-state index contributed by atoms with van der Waals surface area (Å²) in [6.07, 6.45) is 2.20. The second-order valence-electron chi connectivity index (χ2n) is 6.60. The molecule has 0 unspecified atom stereocenters. The molecule has 1 saturated carbocycles. The van der Waals surface area contributed by atoms with E-state index in [1.807, 2.05) is 12.1 Å². The third kappa shape index (κ3) is 2.33. The molecule has 20 heavy (non-hydrogen) atoms. The highest BCUT2D eigenvalue weighted by molar-refractivity contribution is 6.29. The summed E-state index contributed by atoms with van der Waals surface area (Å²) in [6.45, 7) is 6.45. The lowest BCUT2D eigenvalue weighted by molar-refractivity contribution is 0.557. The molecule has 0 radical (unpaired) electrons. The first kappa shape index (κ1) is 13.6. The van der Waals surface area contributed by atoms with E-state index in [9.17, 15) is 0 Å². The van der Waals surface area contributed by atoms with Crippen LogP contribution in [0.4, 0.5) is 0 Å². The van der Waals surface area contributed by atoms with E-state index in [2.05, 4.69) is 50.0 Å². The molecule has 104 valence electrons. The third-order valence-corrected chi connectivity index (χ3v) is 4.16. The van der Waals surface area contributed by atoms with Gasteiger partial charge in [-0.25, -0.2) is 9.97 Å². The molecule has 0 aliphatic heterocycles. The highest BCUT2D eigenvalue weighted by Crippen LogP contribution is 2.52. The maximum Gasteiger partial charge on any atom is 0.140 e. The number of aromatic nitrogens is 2. The van der Waals surface area contributed by atoms with Gasteiger partial charge < -0.3 is 0 Å². The van der Waals surface area contributed by atoms with Gasteiger partial charge in [0.2, 0.25) is 0 Å². The van der Waals surface area contributed by atoms with Crippen molar-refractivity contribution < 1.29 is 0 Å². The molecular formula is C17H19ClN2. The van der Waals surface area contributed by atoms with Crippen molar-refractivity contribution in [2.45, 2.75) is 44.4 Å². The highest BCUT2D eigenvalue weighted by Gasteiger charge is 2.49. The molecule has 3 heteroatoms. The van der Waals surface area contributed by atoms with Gasteiger partial charge in [0.1, 0.15) is 11.0 Å². The largest absolute Gasteiger partial charge is 0.236 e. The molecule has 1 aliphatic rings. The Bertz CT molecular complexity index is 625. The summed E-state index contributed by atoms with van der Waals surface area (Å²) in [6, 6.07) is 12.4. The van der Waals surface area contributed by atoms with Crippen LogP contribution in [-0.4, -0.2) is 9.97 Å². The summed E-state index contributed by atoms with van der Waals surface area (Å²) in [4.78, 5) is 9.33. The zero-order chi connectivity index (χ0) is 14.4. The molecule has 1 fully saturated rings. The van der Waals surface area contributed by atoms with Gasteiger partial charge in [0.15, 0.2) is 0 Å². The normalized spacial score (nSPS) is 17.0. The van der Waals surface area contributed by atoms with Gasteiger partial charge in [-0.3, -0.25) is 0 Å². The van der Waals surface area contributed by atoms with E-state index in [1.165, 1.54) is 5.56 Å². The predicted octanol–water partition coefficient (Wildman–Crippen LogP) is 4.51. The van der Waals surface area contributed by atoms with Crippen LogP contribution in [0.2, 0.25) is 5.15 Å². The van der Waals surface area contributed by atoms with Gasteiger partial charge >= 0.3 is 0 Å². The first-order chi connectivity index (χ1) is 9.42. The molecule has 0 atom stereocenters. The lowest BCUT2D eigenvalue weighted by atomic mass is 9.90. The predicted molar refractivity (Wildman–Crippen MR) is 82.2 cm³/mol. The van der Waals surface area contributed by atoms with Gasteiger partial charge in [-0.05, 0) is 24.5 Å². The zero-order valence-electron chi connectivity index (χ0n) is 12.2. The highest BCUT2D eigenvalue weighted by atomic mass is 35.5. The van der Waals surface area contributed by atoms with Crippen molar-refractivity contribution in [1.29, 1.82) is 0 Å². The van der Waals surface area contributed by atoms with Crippen molar-refractivity contribution in [3.05, 3.63) is 58.6 Å². The fourth-order valence-corrected chi connectivity index (χ4v) is 2.72. The molecule has 1 heterocycles. The van der Waals surface area contributed by atoms with E-state index >= 15 is 0 Å². The van der Waals surface area contributed by atoms with E-state index in [0.717, 1.165) is 24.4 Å². The molecule has 0 saturated heterocycles. The van der Waals surface area contributed by atoms with Gasteiger partial charge in [-0.1, -0.05) is 62.7 Å². The molecule has 1 aliphatic carbocycles. The van der Waals surface area contributed by atoms with Gasteiger partial charge in [-0.2, -0.15) is 0 Å². The Kier molecular flexibility index (Phi) is 3.09. The van der Waals surface area contributed by atoms with Crippen LogP contribution >= 0.6 is 11.6 Å². The van der Waals surface area contributed by atoms with Crippen LogP contribution in [0, 0.1) is 0 Å². The van der Waals surface area contributed by atoms with Gasteiger partial charge in [0, 0.05) is 5.41 Å². The second kappa shape index (κ2) is 4.56. The Hall–Kier alpha value is -1.41. The molecule has 3 rings (SSSR count). The molecule has 2 nitrogen and oxygen atoms in total. The summed E-state index contributed by atoms with van der Waals surface area (Å²) >= 11 is 6.23. The standard InChI is InChI=1S/C17H19ClN2/c1-16(2,3)13-11-14(18)20-15(19-13)17(9-10-17)12-7-5-4-6-8-12/h4-8,11H,9-10H2,1-3H3. The Morgan fingerprint density at radius 3 is 2.25 bits per heavy atom. The third-order valence-electron chi connectivity index (χ3n) is 3.97. The Balaban J connectivity index is 2.09. The van der Waals surface area contributed by atoms with E-state index < -0.39 is 0 Å². The van der Waals surface area contributed by atoms with Crippen molar-refractivity contribution in [1.82, 2.24) is 9.97 Å². The van der Waals surface area contributed by atoms with E-state index in [0.29, 0.717) is 5.15 Å². The van der Waals surface area contributed by atoms with Crippen molar-refractivity contribution in [3.8, 4) is 0 Å². The quantitative estimate of drug-likeness (QED) is 0.759. The lowest BCUT2D eigenvalue weighted by Gasteiger charge is -2.21. The van der Waals surface area contributed by atoms with Crippen LogP contribution in [0.25, 0.3) is 0 Å². The zero-order valence-corrected chi connectivity index (χ0v) is 12.9. The minimum Gasteiger partial charge on any atom is -0.236 e. The first-order valence-corrected chi connectivity index (χ1v) is 7.41. The van der Waals surface area contributed by atoms with E-state index in [-0.39, 0.29) is 10.8 Å². The molecule has 0 amide bonds.